The van der Waals surface area contributed by atoms with Crippen LogP contribution < -0.4 is 10.5 Å². The molecule has 0 atom stereocenters. The molecule has 0 saturated heterocycles. The van der Waals surface area contributed by atoms with Crippen LogP contribution in [-0.4, -0.2) is 14.3 Å². The summed E-state index contributed by atoms with van der Waals surface area (Å²) in [6.45, 7) is 1.72. The first kappa shape index (κ1) is 14.1. The number of primary amides is 1. The standard InChI is InChI=1S/C14H14N2O3S/c1-10-5-2-3-8-13(10)20(18,19)16-12-7-4-6-11(9-12)14(15)17/h2-9,16H,1H3,(H2,15,17). The molecule has 0 heterocycles. The van der Waals surface area contributed by atoms with E-state index in [9.17, 15) is 13.2 Å². The van der Waals surface area contributed by atoms with Gasteiger partial charge in [-0.05, 0) is 36.8 Å². The Kier molecular flexibility index (Phi) is 3.76. The number of nitrogens with one attached hydrogen (secondary N) is 1. The number of benzene rings is 2. The molecule has 2 aromatic rings. The summed E-state index contributed by atoms with van der Waals surface area (Å²) in [5.41, 5.74) is 6.35. The summed E-state index contributed by atoms with van der Waals surface area (Å²) < 4.78 is 27.0. The maximum absolute atomic E-state index is 12.3. The van der Waals surface area contributed by atoms with E-state index in [0.717, 1.165) is 0 Å². The normalized spacial score (nSPS) is 11.1. The highest BCUT2D eigenvalue weighted by atomic mass is 32.2. The zero-order chi connectivity index (χ0) is 14.8. The summed E-state index contributed by atoms with van der Waals surface area (Å²) in [7, 11) is -3.69. The summed E-state index contributed by atoms with van der Waals surface area (Å²) in [5.74, 6) is -0.609. The first-order chi connectivity index (χ1) is 9.40. The van der Waals surface area contributed by atoms with Gasteiger partial charge in [-0.25, -0.2) is 8.42 Å². The van der Waals surface area contributed by atoms with Crippen molar-refractivity contribution in [3.05, 3.63) is 59.7 Å². The largest absolute Gasteiger partial charge is 0.366 e. The van der Waals surface area contributed by atoms with Crippen molar-refractivity contribution in [2.75, 3.05) is 4.72 Å². The second-order valence-corrected chi connectivity index (χ2v) is 5.97. The van der Waals surface area contributed by atoms with E-state index in [1.807, 2.05) is 0 Å². The van der Waals surface area contributed by atoms with Crippen molar-refractivity contribution < 1.29 is 13.2 Å². The van der Waals surface area contributed by atoms with Crippen LogP contribution in [0, 0.1) is 6.92 Å². The van der Waals surface area contributed by atoms with Gasteiger partial charge < -0.3 is 5.73 Å². The molecule has 0 aliphatic rings. The lowest BCUT2D eigenvalue weighted by molar-refractivity contribution is 0.100. The predicted molar refractivity (Wildman–Crippen MR) is 76.9 cm³/mol. The summed E-state index contributed by atoms with van der Waals surface area (Å²) in [4.78, 5) is 11.3. The van der Waals surface area contributed by atoms with E-state index in [2.05, 4.69) is 4.72 Å². The summed E-state index contributed by atoms with van der Waals surface area (Å²) in [5, 5.41) is 0. The van der Waals surface area contributed by atoms with Gasteiger partial charge in [-0.1, -0.05) is 24.3 Å². The zero-order valence-corrected chi connectivity index (χ0v) is 11.6. The van der Waals surface area contributed by atoms with E-state index >= 15 is 0 Å². The third kappa shape index (κ3) is 2.97. The number of rotatable bonds is 4. The van der Waals surface area contributed by atoms with Crippen molar-refractivity contribution in [1.29, 1.82) is 0 Å². The van der Waals surface area contributed by atoms with Gasteiger partial charge in [0.2, 0.25) is 5.91 Å². The number of aryl methyl sites for hydroxylation is 1. The van der Waals surface area contributed by atoms with Gasteiger partial charge in [-0.3, -0.25) is 9.52 Å². The highest BCUT2D eigenvalue weighted by molar-refractivity contribution is 7.92. The Balaban J connectivity index is 2.36. The molecule has 0 radical (unpaired) electrons. The van der Waals surface area contributed by atoms with Crippen molar-refractivity contribution in [3.63, 3.8) is 0 Å². The van der Waals surface area contributed by atoms with E-state index in [0.29, 0.717) is 11.3 Å². The summed E-state index contributed by atoms with van der Waals surface area (Å²) in [6, 6.07) is 12.7. The van der Waals surface area contributed by atoms with E-state index < -0.39 is 15.9 Å². The minimum absolute atomic E-state index is 0.199. The Morgan fingerprint density at radius 1 is 1.10 bits per heavy atom. The molecule has 2 rings (SSSR count). The fourth-order valence-corrected chi connectivity index (χ4v) is 3.10. The van der Waals surface area contributed by atoms with Crippen LogP contribution in [0.3, 0.4) is 0 Å². The Labute approximate surface area is 117 Å². The van der Waals surface area contributed by atoms with E-state index in [-0.39, 0.29) is 10.5 Å². The van der Waals surface area contributed by atoms with Gasteiger partial charge in [0.25, 0.3) is 10.0 Å². The lowest BCUT2D eigenvalue weighted by Gasteiger charge is -2.10. The number of nitrogens with two attached hydrogens (primary N) is 1. The number of amides is 1. The maximum Gasteiger partial charge on any atom is 0.262 e. The molecule has 2 aromatic carbocycles. The first-order valence-electron chi connectivity index (χ1n) is 5.88. The smallest absolute Gasteiger partial charge is 0.262 e. The minimum atomic E-state index is -3.69. The van der Waals surface area contributed by atoms with Gasteiger partial charge in [-0.15, -0.1) is 0 Å². The highest BCUT2D eigenvalue weighted by Gasteiger charge is 2.16. The molecule has 0 spiro atoms. The molecule has 0 aliphatic carbocycles. The lowest BCUT2D eigenvalue weighted by Crippen LogP contribution is -2.15. The van der Waals surface area contributed by atoms with Gasteiger partial charge in [0, 0.05) is 11.3 Å². The summed E-state index contributed by atoms with van der Waals surface area (Å²) >= 11 is 0. The molecule has 0 bridgehead atoms. The first-order valence-corrected chi connectivity index (χ1v) is 7.37. The van der Waals surface area contributed by atoms with Gasteiger partial charge in [-0.2, -0.15) is 0 Å². The van der Waals surface area contributed by atoms with Gasteiger partial charge in [0.15, 0.2) is 0 Å². The Hall–Kier alpha value is -2.34. The molecule has 104 valence electrons. The minimum Gasteiger partial charge on any atom is -0.366 e. The molecule has 1 amide bonds. The number of hydrogen-bond acceptors (Lipinski definition) is 3. The monoisotopic (exact) mass is 290 g/mol. The second kappa shape index (κ2) is 5.34. The highest BCUT2D eigenvalue weighted by Crippen LogP contribution is 2.19. The van der Waals surface area contributed by atoms with E-state index in [4.69, 9.17) is 5.73 Å². The van der Waals surface area contributed by atoms with Crippen LogP contribution in [0.15, 0.2) is 53.4 Å². The number of carbonyl (C=O) groups is 1. The third-order valence-corrected chi connectivity index (χ3v) is 4.32. The molecule has 0 aliphatic heterocycles. The van der Waals surface area contributed by atoms with Crippen molar-refractivity contribution >= 4 is 21.6 Å². The molecule has 6 heteroatoms. The van der Waals surface area contributed by atoms with Crippen LogP contribution in [0.1, 0.15) is 15.9 Å². The van der Waals surface area contributed by atoms with Gasteiger partial charge in [0.1, 0.15) is 0 Å². The van der Waals surface area contributed by atoms with Crippen LogP contribution in [0.25, 0.3) is 0 Å². The average molecular weight is 290 g/mol. The van der Waals surface area contributed by atoms with Gasteiger partial charge >= 0.3 is 0 Å². The van der Waals surface area contributed by atoms with Crippen LogP contribution >= 0.6 is 0 Å². The molecule has 0 saturated carbocycles. The van der Waals surface area contributed by atoms with Crippen molar-refractivity contribution in [2.45, 2.75) is 11.8 Å². The van der Waals surface area contributed by atoms with Gasteiger partial charge in [0.05, 0.1) is 4.90 Å². The SMILES string of the molecule is Cc1ccccc1S(=O)(=O)Nc1cccc(C(N)=O)c1. The average Bonchev–Trinajstić information content (AvgIpc) is 2.38. The molecule has 0 fully saturated rings. The third-order valence-electron chi connectivity index (χ3n) is 2.78. The van der Waals surface area contributed by atoms with Crippen LogP contribution in [0.2, 0.25) is 0 Å². The van der Waals surface area contributed by atoms with Crippen LogP contribution in [-0.2, 0) is 10.0 Å². The molecule has 3 N–H and O–H groups in total. The van der Waals surface area contributed by atoms with E-state index in [1.165, 1.54) is 18.2 Å². The maximum atomic E-state index is 12.3. The number of carbonyl (C=O) groups excluding carboxylic acids is 1. The number of hydrogen-bond donors (Lipinski definition) is 2. The summed E-state index contributed by atoms with van der Waals surface area (Å²) in [6.07, 6.45) is 0. The topological polar surface area (TPSA) is 89.3 Å². The Morgan fingerprint density at radius 3 is 2.45 bits per heavy atom. The van der Waals surface area contributed by atoms with Crippen molar-refractivity contribution in [2.24, 2.45) is 5.73 Å². The second-order valence-electron chi connectivity index (χ2n) is 4.32. The Morgan fingerprint density at radius 2 is 1.80 bits per heavy atom. The van der Waals surface area contributed by atoms with Crippen LogP contribution in [0.5, 0.6) is 0 Å². The van der Waals surface area contributed by atoms with Crippen molar-refractivity contribution in [3.8, 4) is 0 Å². The zero-order valence-electron chi connectivity index (χ0n) is 10.8. The fourth-order valence-electron chi connectivity index (χ4n) is 1.80. The Bertz CT molecular complexity index is 755. The molecular weight excluding hydrogens is 276 g/mol. The molecule has 5 nitrogen and oxygen atoms in total. The molecule has 0 unspecified atom stereocenters. The molecule has 20 heavy (non-hydrogen) atoms. The predicted octanol–water partition coefficient (Wildman–Crippen LogP) is 1.89. The quantitative estimate of drug-likeness (QED) is 0.901. The fraction of sp³-hybridized carbons (Fsp3) is 0.0714. The van der Waals surface area contributed by atoms with Crippen LogP contribution in [0.4, 0.5) is 5.69 Å². The number of anilines is 1. The molecule has 0 aromatic heterocycles. The number of sulfonamides is 1. The lowest BCUT2D eigenvalue weighted by atomic mass is 10.2. The molecular formula is C14H14N2O3S. The van der Waals surface area contributed by atoms with Crippen molar-refractivity contribution in [1.82, 2.24) is 0 Å². The van der Waals surface area contributed by atoms with E-state index in [1.54, 1.807) is 37.3 Å².